The Morgan fingerprint density at radius 3 is 2.76 bits per heavy atom. The van der Waals surface area contributed by atoms with E-state index in [1.165, 1.54) is 0 Å². The molecule has 1 aromatic carbocycles. The summed E-state index contributed by atoms with van der Waals surface area (Å²) in [5.74, 6) is 1.42. The van der Waals surface area contributed by atoms with Crippen LogP contribution in [0, 0.1) is 0 Å². The zero-order chi connectivity index (χ0) is 20.1. The predicted molar refractivity (Wildman–Crippen MR) is 107 cm³/mol. The van der Waals surface area contributed by atoms with E-state index in [2.05, 4.69) is 25.4 Å². The molecule has 29 heavy (non-hydrogen) atoms. The molecule has 2 N–H and O–H groups in total. The molecule has 4 rings (SSSR count). The fourth-order valence-corrected chi connectivity index (χ4v) is 3.04. The van der Waals surface area contributed by atoms with E-state index in [4.69, 9.17) is 19.2 Å². The lowest BCUT2D eigenvalue weighted by Crippen LogP contribution is -2.37. The molecule has 3 aromatic rings. The number of H-pyrrole nitrogens is 1. The van der Waals surface area contributed by atoms with Gasteiger partial charge in [-0.05, 0) is 24.3 Å². The summed E-state index contributed by atoms with van der Waals surface area (Å²) in [7, 11) is 1.55. The first-order chi connectivity index (χ1) is 14.2. The second kappa shape index (κ2) is 8.84. The second-order valence-corrected chi connectivity index (χ2v) is 6.43. The van der Waals surface area contributed by atoms with Crippen LogP contribution in [0.5, 0.6) is 0 Å². The summed E-state index contributed by atoms with van der Waals surface area (Å²) < 4.78 is 15.3. The Labute approximate surface area is 167 Å². The standard InChI is InChI=1S/C19H22N6O4/c1-27-10-11-29-19(26)21-14-4-2-13(3-5-14)16-22-17-15(12-20-24-17)18(23-16)25-6-8-28-9-7-25/h2-5,12H,6-11H2,1H3,(H,21,26)(H,20,22,23,24). The van der Waals surface area contributed by atoms with E-state index in [0.717, 1.165) is 29.9 Å². The van der Waals surface area contributed by atoms with Crippen LogP contribution in [0.25, 0.3) is 22.4 Å². The van der Waals surface area contributed by atoms with Crippen LogP contribution in [0.2, 0.25) is 0 Å². The summed E-state index contributed by atoms with van der Waals surface area (Å²) in [5.41, 5.74) is 2.13. The van der Waals surface area contributed by atoms with Crippen molar-refractivity contribution in [3.05, 3.63) is 30.5 Å². The van der Waals surface area contributed by atoms with Crippen molar-refractivity contribution in [1.82, 2.24) is 20.2 Å². The van der Waals surface area contributed by atoms with E-state index in [1.807, 2.05) is 12.1 Å². The monoisotopic (exact) mass is 398 g/mol. The van der Waals surface area contributed by atoms with E-state index in [-0.39, 0.29) is 6.61 Å². The van der Waals surface area contributed by atoms with Gasteiger partial charge in [0.1, 0.15) is 12.4 Å². The summed E-state index contributed by atoms with van der Waals surface area (Å²) in [4.78, 5) is 23.3. The number of benzene rings is 1. The van der Waals surface area contributed by atoms with Gasteiger partial charge in [-0.15, -0.1) is 0 Å². The second-order valence-electron chi connectivity index (χ2n) is 6.43. The molecule has 0 atom stereocenters. The molecule has 1 aliphatic rings. The van der Waals surface area contributed by atoms with E-state index in [1.54, 1.807) is 25.4 Å². The zero-order valence-electron chi connectivity index (χ0n) is 16.1. The quantitative estimate of drug-likeness (QED) is 0.607. The lowest BCUT2D eigenvalue weighted by molar-refractivity contribution is 0.107. The van der Waals surface area contributed by atoms with Crippen molar-refractivity contribution in [2.45, 2.75) is 0 Å². The number of hydrogen-bond acceptors (Lipinski definition) is 8. The normalized spacial score (nSPS) is 14.2. The third kappa shape index (κ3) is 4.44. The molecule has 1 fully saturated rings. The first-order valence-corrected chi connectivity index (χ1v) is 9.31. The Morgan fingerprint density at radius 1 is 1.21 bits per heavy atom. The topological polar surface area (TPSA) is 114 Å². The Bertz CT molecular complexity index is 968. The number of hydrogen-bond donors (Lipinski definition) is 2. The molecule has 3 heterocycles. The number of fused-ring (bicyclic) bond motifs is 1. The lowest BCUT2D eigenvalue weighted by atomic mass is 10.2. The van der Waals surface area contributed by atoms with Gasteiger partial charge in [0, 0.05) is 31.5 Å². The van der Waals surface area contributed by atoms with Crippen LogP contribution >= 0.6 is 0 Å². The van der Waals surface area contributed by atoms with Gasteiger partial charge in [0.2, 0.25) is 0 Å². The molecule has 1 amide bonds. The fraction of sp³-hybridized carbons (Fsp3) is 0.368. The van der Waals surface area contributed by atoms with Crippen molar-refractivity contribution >= 4 is 28.6 Å². The minimum atomic E-state index is -0.528. The average Bonchev–Trinajstić information content (AvgIpc) is 3.23. The smallest absolute Gasteiger partial charge is 0.411 e. The van der Waals surface area contributed by atoms with E-state index < -0.39 is 6.09 Å². The molecular weight excluding hydrogens is 376 g/mol. The molecule has 152 valence electrons. The number of amides is 1. The van der Waals surface area contributed by atoms with Gasteiger partial charge in [0.25, 0.3) is 0 Å². The van der Waals surface area contributed by atoms with Crippen LogP contribution in [0.3, 0.4) is 0 Å². The highest BCUT2D eigenvalue weighted by Gasteiger charge is 2.19. The highest BCUT2D eigenvalue weighted by atomic mass is 16.6. The number of nitrogens with one attached hydrogen (secondary N) is 2. The fourth-order valence-electron chi connectivity index (χ4n) is 3.04. The van der Waals surface area contributed by atoms with Crippen molar-refractivity contribution < 1.29 is 19.0 Å². The van der Waals surface area contributed by atoms with Crippen LogP contribution < -0.4 is 10.2 Å². The van der Waals surface area contributed by atoms with Gasteiger partial charge >= 0.3 is 6.09 Å². The molecule has 1 aliphatic heterocycles. The van der Waals surface area contributed by atoms with Crippen molar-refractivity contribution in [2.75, 3.05) is 56.8 Å². The highest BCUT2D eigenvalue weighted by Crippen LogP contribution is 2.27. The van der Waals surface area contributed by atoms with Crippen LogP contribution in [0.4, 0.5) is 16.3 Å². The molecule has 0 radical (unpaired) electrons. The number of aromatic nitrogens is 4. The van der Waals surface area contributed by atoms with Gasteiger partial charge in [-0.2, -0.15) is 5.10 Å². The molecule has 10 heteroatoms. The van der Waals surface area contributed by atoms with Crippen molar-refractivity contribution in [2.24, 2.45) is 0 Å². The SMILES string of the molecule is COCCOC(=O)Nc1ccc(-c2nc(N3CCOCC3)c3cn[nH]c3n2)cc1. The van der Waals surface area contributed by atoms with Gasteiger partial charge in [-0.25, -0.2) is 14.8 Å². The van der Waals surface area contributed by atoms with E-state index >= 15 is 0 Å². The molecule has 0 bridgehead atoms. The summed E-state index contributed by atoms with van der Waals surface area (Å²) in [5, 5.41) is 10.6. The maximum absolute atomic E-state index is 11.7. The number of rotatable bonds is 6. The predicted octanol–water partition coefficient (Wildman–Crippen LogP) is 2.05. The third-order valence-electron chi connectivity index (χ3n) is 4.51. The van der Waals surface area contributed by atoms with Gasteiger partial charge in [0.05, 0.1) is 31.4 Å². The Balaban J connectivity index is 1.54. The number of carbonyl (C=O) groups excluding carboxylic acids is 1. The zero-order valence-corrected chi connectivity index (χ0v) is 16.1. The maximum atomic E-state index is 11.7. The van der Waals surface area contributed by atoms with Crippen molar-refractivity contribution in [3.8, 4) is 11.4 Å². The molecule has 1 saturated heterocycles. The summed E-state index contributed by atoms with van der Waals surface area (Å²) >= 11 is 0. The number of nitrogens with zero attached hydrogens (tertiary/aromatic N) is 4. The lowest BCUT2D eigenvalue weighted by Gasteiger charge is -2.28. The van der Waals surface area contributed by atoms with Crippen molar-refractivity contribution in [1.29, 1.82) is 0 Å². The van der Waals surface area contributed by atoms with Crippen LogP contribution in [-0.2, 0) is 14.2 Å². The van der Waals surface area contributed by atoms with Gasteiger partial charge in [0.15, 0.2) is 11.5 Å². The minimum absolute atomic E-state index is 0.197. The number of anilines is 2. The minimum Gasteiger partial charge on any atom is -0.447 e. The number of ether oxygens (including phenoxy) is 3. The molecule has 2 aromatic heterocycles. The number of morpholine rings is 1. The summed E-state index contributed by atoms with van der Waals surface area (Å²) in [6.07, 6.45) is 1.21. The molecule has 0 spiro atoms. The van der Waals surface area contributed by atoms with Crippen LogP contribution in [0.15, 0.2) is 30.5 Å². The van der Waals surface area contributed by atoms with Gasteiger partial charge < -0.3 is 19.1 Å². The molecule has 0 saturated carbocycles. The Morgan fingerprint density at radius 2 is 2.00 bits per heavy atom. The third-order valence-corrected chi connectivity index (χ3v) is 4.51. The van der Waals surface area contributed by atoms with Crippen molar-refractivity contribution in [3.63, 3.8) is 0 Å². The first-order valence-electron chi connectivity index (χ1n) is 9.31. The van der Waals surface area contributed by atoms with E-state index in [0.29, 0.717) is 37.0 Å². The largest absolute Gasteiger partial charge is 0.447 e. The summed E-state index contributed by atoms with van der Waals surface area (Å²) in [6.45, 7) is 3.42. The van der Waals surface area contributed by atoms with Crippen LogP contribution in [-0.4, -0.2) is 72.9 Å². The summed E-state index contributed by atoms with van der Waals surface area (Å²) in [6, 6.07) is 7.26. The average molecular weight is 398 g/mol. The van der Waals surface area contributed by atoms with Crippen LogP contribution in [0.1, 0.15) is 0 Å². The highest BCUT2D eigenvalue weighted by molar-refractivity contribution is 5.88. The molecular formula is C19H22N6O4. The van der Waals surface area contributed by atoms with E-state index in [9.17, 15) is 4.79 Å². The maximum Gasteiger partial charge on any atom is 0.411 e. The first kappa shape index (κ1) is 19.1. The molecule has 10 nitrogen and oxygen atoms in total. The Hall–Kier alpha value is -3.24. The number of aromatic amines is 1. The van der Waals surface area contributed by atoms with Gasteiger partial charge in [-0.1, -0.05) is 0 Å². The Kier molecular flexibility index (Phi) is 5.82. The number of methoxy groups -OCH3 is 1. The molecule has 0 aliphatic carbocycles. The number of carbonyl (C=O) groups is 1. The molecule has 0 unspecified atom stereocenters. The van der Waals surface area contributed by atoms with Gasteiger partial charge in [-0.3, -0.25) is 10.4 Å².